The van der Waals surface area contributed by atoms with Crippen LogP contribution >= 0.6 is 11.3 Å². The summed E-state index contributed by atoms with van der Waals surface area (Å²) in [4.78, 5) is 21.0. The Labute approximate surface area is 145 Å². The topological polar surface area (TPSA) is 54.9 Å². The zero-order chi connectivity index (χ0) is 18.0. The summed E-state index contributed by atoms with van der Waals surface area (Å²) in [6.07, 6.45) is -2.83. The molecule has 2 heterocycles. The van der Waals surface area contributed by atoms with Crippen molar-refractivity contribution in [3.05, 3.63) is 64.8 Å². The van der Waals surface area contributed by atoms with Gasteiger partial charge in [0.2, 0.25) is 0 Å². The average Bonchev–Trinajstić information content (AvgIpc) is 2.97. The number of rotatable bonds is 3. The molecule has 0 atom stereocenters. The second kappa shape index (κ2) is 6.64. The Hall–Kier alpha value is -2.74. The number of benzene rings is 1. The van der Waals surface area contributed by atoms with Crippen molar-refractivity contribution in [2.75, 3.05) is 5.32 Å². The molecule has 1 N–H and O–H groups in total. The highest BCUT2D eigenvalue weighted by molar-refractivity contribution is 7.17. The zero-order valence-electron chi connectivity index (χ0n) is 13.0. The third-order valence-corrected chi connectivity index (χ3v) is 4.57. The fourth-order valence-electron chi connectivity index (χ4n) is 2.14. The van der Waals surface area contributed by atoms with Crippen LogP contribution in [0.4, 0.5) is 19.0 Å². The summed E-state index contributed by atoms with van der Waals surface area (Å²) in [6, 6.07) is 9.83. The molecule has 0 radical (unpaired) electrons. The summed E-state index contributed by atoms with van der Waals surface area (Å²) in [7, 11) is 0. The van der Waals surface area contributed by atoms with Gasteiger partial charge < -0.3 is 5.32 Å². The van der Waals surface area contributed by atoms with Crippen LogP contribution in [0.3, 0.4) is 0 Å². The van der Waals surface area contributed by atoms with E-state index in [9.17, 15) is 18.0 Å². The largest absolute Gasteiger partial charge is 0.416 e. The minimum atomic E-state index is -4.38. The van der Waals surface area contributed by atoms with Crippen molar-refractivity contribution in [2.45, 2.75) is 13.1 Å². The van der Waals surface area contributed by atoms with E-state index in [1.807, 2.05) is 0 Å². The molecule has 4 nitrogen and oxygen atoms in total. The number of hydrogen-bond donors (Lipinski definition) is 1. The van der Waals surface area contributed by atoms with E-state index in [0.717, 1.165) is 23.5 Å². The standard InChI is InChI=1S/C17H12F3N3OS/c1-10-14(15(24)23-13-4-2-3-9-21-13)25-16(22-10)11-5-7-12(8-6-11)17(18,19)20/h2-9H,1H3,(H,21,23,24). The molecular weight excluding hydrogens is 351 g/mol. The third kappa shape index (κ3) is 3.85. The Morgan fingerprint density at radius 3 is 2.44 bits per heavy atom. The smallest absolute Gasteiger partial charge is 0.306 e. The van der Waals surface area contributed by atoms with Crippen LogP contribution in [0.25, 0.3) is 10.6 Å². The second-order valence-corrected chi connectivity index (χ2v) is 6.18. The number of aryl methyl sites for hydroxylation is 1. The lowest BCUT2D eigenvalue weighted by Crippen LogP contribution is -2.12. The fourth-order valence-corrected chi connectivity index (χ4v) is 3.11. The first-order chi connectivity index (χ1) is 11.8. The number of carbonyl (C=O) groups excluding carboxylic acids is 1. The molecule has 2 aromatic heterocycles. The number of nitrogens with zero attached hydrogens (tertiary/aromatic N) is 2. The predicted octanol–water partition coefficient (Wildman–Crippen LogP) is 4.78. The van der Waals surface area contributed by atoms with Gasteiger partial charge >= 0.3 is 6.18 Å². The van der Waals surface area contributed by atoms with E-state index in [0.29, 0.717) is 27.0 Å². The highest BCUT2D eigenvalue weighted by atomic mass is 32.1. The molecule has 0 bridgehead atoms. The van der Waals surface area contributed by atoms with Gasteiger partial charge in [0, 0.05) is 11.8 Å². The van der Waals surface area contributed by atoms with Gasteiger partial charge in [-0.15, -0.1) is 11.3 Å². The Morgan fingerprint density at radius 1 is 1.12 bits per heavy atom. The van der Waals surface area contributed by atoms with Crippen molar-refractivity contribution in [1.82, 2.24) is 9.97 Å². The fraction of sp³-hybridized carbons (Fsp3) is 0.118. The molecule has 0 aliphatic heterocycles. The molecule has 0 spiro atoms. The first-order valence-corrected chi connectivity index (χ1v) is 8.03. The molecule has 0 aliphatic carbocycles. The Morgan fingerprint density at radius 2 is 1.84 bits per heavy atom. The summed E-state index contributed by atoms with van der Waals surface area (Å²) in [5, 5.41) is 3.15. The summed E-state index contributed by atoms with van der Waals surface area (Å²) in [6.45, 7) is 1.68. The molecule has 3 aromatic rings. The number of hydrogen-bond acceptors (Lipinski definition) is 4. The molecule has 0 saturated heterocycles. The van der Waals surface area contributed by atoms with Crippen LogP contribution < -0.4 is 5.32 Å². The van der Waals surface area contributed by atoms with Gasteiger partial charge in [0.15, 0.2) is 0 Å². The summed E-state index contributed by atoms with van der Waals surface area (Å²) >= 11 is 1.12. The van der Waals surface area contributed by atoms with Gasteiger partial charge in [0.25, 0.3) is 5.91 Å². The van der Waals surface area contributed by atoms with Gasteiger partial charge in [-0.2, -0.15) is 13.2 Å². The zero-order valence-corrected chi connectivity index (χ0v) is 13.8. The molecular formula is C17H12F3N3OS. The van der Waals surface area contributed by atoms with Crippen molar-refractivity contribution in [3.8, 4) is 10.6 Å². The monoisotopic (exact) mass is 363 g/mol. The van der Waals surface area contributed by atoms with Crippen LogP contribution in [-0.4, -0.2) is 15.9 Å². The molecule has 1 amide bonds. The lowest BCUT2D eigenvalue weighted by atomic mass is 10.1. The molecule has 8 heteroatoms. The second-order valence-electron chi connectivity index (χ2n) is 5.18. The number of alkyl halides is 3. The SMILES string of the molecule is Cc1nc(-c2ccc(C(F)(F)F)cc2)sc1C(=O)Nc1ccccn1. The van der Waals surface area contributed by atoms with Gasteiger partial charge in [-0.1, -0.05) is 18.2 Å². The summed E-state index contributed by atoms with van der Waals surface area (Å²) in [5.41, 5.74) is 0.309. The molecule has 128 valence electrons. The molecule has 0 saturated carbocycles. The lowest BCUT2D eigenvalue weighted by molar-refractivity contribution is -0.137. The van der Waals surface area contributed by atoms with E-state index < -0.39 is 11.7 Å². The van der Waals surface area contributed by atoms with Gasteiger partial charge in [-0.05, 0) is 31.2 Å². The summed E-state index contributed by atoms with van der Waals surface area (Å²) < 4.78 is 37.9. The molecule has 1 aromatic carbocycles. The number of anilines is 1. The normalized spacial score (nSPS) is 11.4. The van der Waals surface area contributed by atoms with Crippen LogP contribution in [0.1, 0.15) is 20.9 Å². The highest BCUT2D eigenvalue weighted by Gasteiger charge is 2.30. The number of aromatic nitrogens is 2. The van der Waals surface area contributed by atoms with Crippen LogP contribution in [0.2, 0.25) is 0 Å². The first kappa shape index (κ1) is 17.1. The van der Waals surface area contributed by atoms with E-state index in [-0.39, 0.29) is 5.91 Å². The van der Waals surface area contributed by atoms with Crippen molar-refractivity contribution >= 4 is 23.1 Å². The van der Waals surface area contributed by atoms with Crippen molar-refractivity contribution in [1.29, 1.82) is 0 Å². The van der Waals surface area contributed by atoms with Gasteiger partial charge in [-0.25, -0.2) is 9.97 Å². The molecule has 3 rings (SSSR count). The number of amides is 1. The number of thiazole rings is 1. The van der Waals surface area contributed by atoms with Crippen molar-refractivity contribution < 1.29 is 18.0 Å². The summed E-state index contributed by atoms with van der Waals surface area (Å²) in [5.74, 6) is 0.0586. The maximum absolute atomic E-state index is 12.6. The van der Waals surface area contributed by atoms with E-state index in [4.69, 9.17) is 0 Å². The Balaban J connectivity index is 1.84. The van der Waals surface area contributed by atoms with E-state index in [1.54, 1.807) is 31.3 Å². The molecule has 0 fully saturated rings. The van der Waals surface area contributed by atoms with E-state index in [1.165, 1.54) is 12.1 Å². The number of nitrogens with one attached hydrogen (secondary N) is 1. The maximum atomic E-state index is 12.6. The van der Waals surface area contributed by atoms with Crippen molar-refractivity contribution in [2.24, 2.45) is 0 Å². The predicted molar refractivity (Wildman–Crippen MR) is 89.5 cm³/mol. The Kier molecular flexibility index (Phi) is 4.54. The minimum absolute atomic E-state index is 0.355. The van der Waals surface area contributed by atoms with E-state index in [2.05, 4.69) is 15.3 Å². The van der Waals surface area contributed by atoms with Gasteiger partial charge in [-0.3, -0.25) is 4.79 Å². The van der Waals surface area contributed by atoms with Crippen LogP contribution in [-0.2, 0) is 6.18 Å². The molecule has 25 heavy (non-hydrogen) atoms. The van der Waals surface area contributed by atoms with Crippen LogP contribution in [0.15, 0.2) is 48.7 Å². The lowest BCUT2D eigenvalue weighted by Gasteiger charge is -2.06. The van der Waals surface area contributed by atoms with Crippen molar-refractivity contribution in [3.63, 3.8) is 0 Å². The maximum Gasteiger partial charge on any atom is 0.416 e. The average molecular weight is 363 g/mol. The molecule has 0 aliphatic rings. The number of pyridine rings is 1. The van der Waals surface area contributed by atoms with Crippen LogP contribution in [0.5, 0.6) is 0 Å². The minimum Gasteiger partial charge on any atom is -0.306 e. The highest BCUT2D eigenvalue weighted by Crippen LogP contribution is 2.33. The number of halogens is 3. The van der Waals surface area contributed by atoms with Crippen LogP contribution in [0, 0.1) is 6.92 Å². The van der Waals surface area contributed by atoms with Gasteiger partial charge in [0.05, 0.1) is 11.3 Å². The molecule has 0 unspecified atom stereocenters. The Bertz CT molecular complexity index is 890. The number of carbonyl (C=O) groups is 1. The third-order valence-electron chi connectivity index (χ3n) is 3.37. The quantitative estimate of drug-likeness (QED) is 0.728. The van der Waals surface area contributed by atoms with Gasteiger partial charge in [0.1, 0.15) is 15.7 Å². The first-order valence-electron chi connectivity index (χ1n) is 7.22. The van der Waals surface area contributed by atoms with E-state index >= 15 is 0 Å².